The Morgan fingerprint density at radius 1 is 1.17 bits per heavy atom. The number of hydrogen-bond donors (Lipinski definition) is 2. The van der Waals surface area contributed by atoms with Gasteiger partial charge in [-0.15, -0.1) is 0 Å². The largest absolute Gasteiger partial charge is 0.468 e. The molecule has 1 saturated carbocycles. The van der Waals surface area contributed by atoms with Crippen LogP contribution in [0.1, 0.15) is 79.4 Å². The molecule has 11 nitrogen and oxygen atoms in total. The van der Waals surface area contributed by atoms with Gasteiger partial charge in [-0.3, -0.25) is 19.1 Å². The number of imidazole rings is 1. The van der Waals surface area contributed by atoms with Crippen LogP contribution in [0.5, 0.6) is 0 Å². The van der Waals surface area contributed by atoms with Crippen molar-refractivity contribution in [3.63, 3.8) is 0 Å². The minimum absolute atomic E-state index is 0.104. The van der Waals surface area contributed by atoms with Crippen molar-refractivity contribution < 1.29 is 45.5 Å². The Morgan fingerprint density at radius 2 is 1.87 bits per heavy atom. The Morgan fingerprint density at radius 3 is 2.49 bits per heavy atom. The molecule has 1 saturated heterocycles. The molecule has 5 rings (SSSR count). The second-order valence-corrected chi connectivity index (χ2v) is 12.4. The standard InChI is InChI=1S/C30H35F6N7O4/c1-4-42-22(9-10-38-42)25(44)40-24(17-7-5-16(2)6-8-17)21-15-43-23(39-21)11-19(30(34,35)36)20(41-43)13-28(27(46)47-3)12-18(29(31,32)33)14-37-26(28)45/h9-11,15-18,24H,4-8,12-14H2,1-3H3,(H,37,45)(H,40,44)/t16?,17?,18-,24+,28?/m1/s1. The third-order valence-electron chi connectivity index (χ3n) is 9.28. The Hall–Kier alpha value is -4.18. The zero-order valence-electron chi connectivity index (χ0n) is 25.9. The number of nitrogens with one attached hydrogen (secondary N) is 2. The number of amides is 2. The van der Waals surface area contributed by atoms with Gasteiger partial charge in [-0.05, 0) is 50.2 Å². The highest BCUT2D eigenvalue weighted by molar-refractivity contribution is 6.03. The van der Waals surface area contributed by atoms with Crippen molar-refractivity contribution in [2.75, 3.05) is 13.7 Å². The lowest BCUT2D eigenvalue weighted by molar-refractivity contribution is -0.195. The number of methoxy groups -OCH3 is 1. The van der Waals surface area contributed by atoms with Crippen LogP contribution in [0.4, 0.5) is 26.3 Å². The lowest BCUT2D eigenvalue weighted by Gasteiger charge is -2.38. The molecule has 2 amide bonds. The van der Waals surface area contributed by atoms with Gasteiger partial charge < -0.3 is 15.4 Å². The molecule has 2 fully saturated rings. The molecular weight excluding hydrogens is 636 g/mol. The van der Waals surface area contributed by atoms with E-state index in [0.717, 1.165) is 37.3 Å². The molecule has 0 spiro atoms. The van der Waals surface area contributed by atoms with E-state index < -0.39 is 78.2 Å². The van der Waals surface area contributed by atoms with Crippen LogP contribution in [0, 0.1) is 23.2 Å². The molecule has 3 aromatic heterocycles. The molecule has 0 aromatic carbocycles. The van der Waals surface area contributed by atoms with E-state index in [1.54, 1.807) is 6.07 Å². The number of hydrogen-bond acceptors (Lipinski definition) is 7. The van der Waals surface area contributed by atoms with Gasteiger partial charge in [0.2, 0.25) is 5.91 Å². The van der Waals surface area contributed by atoms with Crippen molar-refractivity contribution >= 4 is 23.4 Å². The van der Waals surface area contributed by atoms with E-state index in [1.165, 1.54) is 17.1 Å². The summed E-state index contributed by atoms with van der Waals surface area (Å²) in [6, 6.07) is 1.51. The summed E-state index contributed by atoms with van der Waals surface area (Å²) in [5, 5.41) is 13.2. The normalized spacial score (nSPS) is 24.5. The number of alkyl halides is 6. The molecule has 1 aliphatic carbocycles. The molecule has 1 aliphatic heterocycles. The monoisotopic (exact) mass is 671 g/mol. The van der Waals surface area contributed by atoms with E-state index in [-0.39, 0.29) is 17.3 Å². The van der Waals surface area contributed by atoms with Crippen LogP contribution in [-0.2, 0) is 33.5 Å². The fourth-order valence-corrected chi connectivity index (χ4v) is 6.63. The molecule has 4 heterocycles. The fraction of sp³-hybridized carbons (Fsp3) is 0.600. The van der Waals surface area contributed by atoms with E-state index in [2.05, 4.69) is 32.2 Å². The third-order valence-corrected chi connectivity index (χ3v) is 9.28. The topological polar surface area (TPSA) is 133 Å². The van der Waals surface area contributed by atoms with Gasteiger partial charge in [0.05, 0.1) is 42.2 Å². The van der Waals surface area contributed by atoms with Crippen LogP contribution < -0.4 is 10.6 Å². The van der Waals surface area contributed by atoms with Crippen molar-refractivity contribution in [3.8, 4) is 0 Å². The molecule has 0 bridgehead atoms. The zero-order valence-corrected chi connectivity index (χ0v) is 25.9. The first-order valence-electron chi connectivity index (χ1n) is 15.3. The zero-order chi connectivity index (χ0) is 34.3. The molecule has 2 N–H and O–H groups in total. The van der Waals surface area contributed by atoms with Crippen molar-refractivity contribution in [1.82, 2.24) is 35.0 Å². The number of piperidine rings is 1. The molecular formula is C30H35F6N7O4. The number of aryl methyl sites for hydroxylation is 1. The van der Waals surface area contributed by atoms with Crippen LogP contribution in [0.2, 0.25) is 0 Å². The molecule has 3 atom stereocenters. The van der Waals surface area contributed by atoms with E-state index >= 15 is 0 Å². The molecule has 1 unspecified atom stereocenters. The van der Waals surface area contributed by atoms with Gasteiger partial charge >= 0.3 is 18.3 Å². The molecule has 17 heteroatoms. The number of ether oxygens (including phenoxy) is 1. The Labute approximate surface area is 265 Å². The quantitative estimate of drug-likeness (QED) is 0.202. The summed E-state index contributed by atoms with van der Waals surface area (Å²) in [4.78, 5) is 43.7. The van der Waals surface area contributed by atoms with Gasteiger partial charge in [-0.2, -0.15) is 36.5 Å². The predicted molar refractivity (Wildman–Crippen MR) is 153 cm³/mol. The number of rotatable bonds is 8. The lowest BCUT2D eigenvalue weighted by atomic mass is 9.71. The summed E-state index contributed by atoms with van der Waals surface area (Å²) in [7, 11) is 0.839. The number of halogens is 6. The average molecular weight is 672 g/mol. The van der Waals surface area contributed by atoms with E-state index in [0.29, 0.717) is 24.2 Å². The maximum atomic E-state index is 14.5. The van der Waals surface area contributed by atoms with Crippen LogP contribution in [0.15, 0.2) is 24.5 Å². The van der Waals surface area contributed by atoms with Gasteiger partial charge in [0.1, 0.15) is 5.69 Å². The number of nitrogens with zero attached hydrogens (tertiary/aromatic N) is 5. The molecule has 256 valence electrons. The van der Waals surface area contributed by atoms with E-state index in [9.17, 15) is 40.7 Å². The number of fused-ring (bicyclic) bond motifs is 1. The van der Waals surface area contributed by atoms with Crippen molar-refractivity contribution in [2.45, 2.75) is 77.3 Å². The first kappa shape index (κ1) is 34.2. The predicted octanol–water partition coefficient (Wildman–Crippen LogP) is 4.66. The Kier molecular flexibility index (Phi) is 9.29. The number of carbonyl (C=O) groups is 3. The smallest absolute Gasteiger partial charge is 0.418 e. The second-order valence-electron chi connectivity index (χ2n) is 12.4. The number of esters is 1. The highest BCUT2D eigenvalue weighted by Crippen LogP contribution is 2.44. The molecule has 47 heavy (non-hydrogen) atoms. The average Bonchev–Trinajstić information content (AvgIpc) is 3.66. The minimum atomic E-state index is -5.08. The summed E-state index contributed by atoms with van der Waals surface area (Å²) in [6.45, 7) is 3.52. The van der Waals surface area contributed by atoms with E-state index in [1.807, 2.05) is 12.2 Å². The summed E-state index contributed by atoms with van der Waals surface area (Å²) >= 11 is 0. The molecule has 0 radical (unpaired) electrons. The van der Waals surface area contributed by atoms with Gasteiger partial charge in [-0.25, -0.2) is 9.50 Å². The maximum Gasteiger partial charge on any atom is 0.418 e. The van der Waals surface area contributed by atoms with Crippen LogP contribution in [0.25, 0.3) is 5.65 Å². The van der Waals surface area contributed by atoms with Gasteiger partial charge in [0, 0.05) is 25.7 Å². The summed E-state index contributed by atoms with van der Waals surface area (Å²) < 4.78 is 91.7. The van der Waals surface area contributed by atoms with Crippen LogP contribution >= 0.6 is 0 Å². The highest BCUT2D eigenvalue weighted by atomic mass is 19.4. The lowest BCUT2D eigenvalue weighted by Crippen LogP contribution is -2.58. The molecule has 2 aliphatic rings. The minimum Gasteiger partial charge on any atom is -0.468 e. The van der Waals surface area contributed by atoms with Crippen molar-refractivity contribution in [2.24, 2.45) is 23.2 Å². The third kappa shape index (κ3) is 6.79. The molecule has 3 aromatic rings. The number of carbonyl (C=O) groups excluding carboxylic acids is 3. The van der Waals surface area contributed by atoms with Crippen LogP contribution in [-0.4, -0.2) is 62.0 Å². The Balaban J connectivity index is 1.58. The first-order chi connectivity index (χ1) is 22.1. The van der Waals surface area contributed by atoms with Crippen molar-refractivity contribution in [3.05, 3.63) is 47.2 Å². The fourth-order valence-electron chi connectivity index (χ4n) is 6.63. The second kappa shape index (κ2) is 12.8. The highest BCUT2D eigenvalue weighted by Gasteiger charge is 2.57. The maximum absolute atomic E-state index is 14.5. The van der Waals surface area contributed by atoms with Crippen molar-refractivity contribution in [1.29, 1.82) is 0 Å². The Bertz CT molecular complexity index is 1630. The van der Waals surface area contributed by atoms with Crippen LogP contribution in [0.3, 0.4) is 0 Å². The van der Waals surface area contributed by atoms with E-state index in [4.69, 9.17) is 0 Å². The van der Waals surface area contributed by atoms with Gasteiger partial charge in [0.15, 0.2) is 11.1 Å². The summed E-state index contributed by atoms with van der Waals surface area (Å²) in [5.74, 6) is -4.90. The number of aromatic nitrogens is 5. The van der Waals surface area contributed by atoms with Gasteiger partial charge in [0.25, 0.3) is 5.91 Å². The van der Waals surface area contributed by atoms with Gasteiger partial charge in [-0.1, -0.05) is 19.8 Å². The first-order valence-corrected chi connectivity index (χ1v) is 15.3. The summed E-state index contributed by atoms with van der Waals surface area (Å²) in [6.07, 6.45) is -6.15. The summed E-state index contributed by atoms with van der Waals surface area (Å²) in [5.41, 5.74) is -4.56. The SMILES string of the molecule is CCn1nccc1C(=O)N[C@H](c1cn2nc(CC3(C(=O)OC)C[C@@H](C(F)(F)F)CNC3=O)c(C(F)(F)F)cc2n1)C1CCC(C)CC1.